The molecule has 5 aromatic rings. The van der Waals surface area contributed by atoms with E-state index in [9.17, 15) is 12.8 Å². The van der Waals surface area contributed by atoms with Gasteiger partial charge in [0.25, 0.3) is 0 Å². The van der Waals surface area contributed by atoms with Crippen molar-refractivity contribution >= 4 is 49.2 Å². The lowest BCUT2D eigenvalue weighted by atomic mass is 10.0. The zero-order valence-electron chi connectivity index (χ0n) is 16.8. The van der Waals surface area contributed by atoms with Gasteiger partial charge in [-0.05, 0) is 47.5 Å². The first kappa shape index (κ1) is 19.9. The molecule has 0 amide bonds. The van der Waals surface area contributed by atoms with Crippen LogP contribution in [0.4, 0.5) is 21.7 Å². The van der Waals surface area contributed by atoms with Crippen LogP contribution in [0.25, 0.3) is 32.9 Å². The second-order valence-corrected chi connectivity index (χ2v) is 9.05. The predicted octanol–water partition coefficient (Wildman–Crippen LogP) is 4.43. The van der Waals surface area contributed by atoms with Crippen molar-refractivity contribution in [3.05, 3.63) is 72.8 Å². The first-order chi connectivity index (χ1) is 15.4. The normalized spacial score (nSPS) is 11.7. The summed E-state index contributed by atoms with van der Waals surface area (Å²) < 4.78 is 39.1. The van der Waals surface area contributed by atoms with Crippen molar-refractivity contribution in [1.82, 2.24) is 20.2 Å². The summed E-state index contributed by atoms with van der Waals surface area (Å²) in [7, 11) is -3.33. The van der Waals surface area contributed by atoms with Crippen LogP contribution in [0, 0.1) is 5.82 Å². The van der Waals surface area contributed by atoms with Crippen LogP contribution in [0.2, 0.25) is 0 Å². The van der Waals surface area contributed by atoms with E-state index < -0.39 is 10.0 Å². The van der Waals surface area contributed by atoms with E-state index in [-0.39, 0.29) is 5.82 Å². The van der Waals surface area contributed by atoms with Crippen LogP contribution in [0.15, 0.2) is 67.0 Å². The molecule has 5 rings (SSSR count). The number of rotatable bonds is 5. The van der Waals surface area contributed by atoms with Gasteiger partial charge < -0.3 is 5.32 Å². The zero-order valence-corrected chi connectivity index (χ0v) is 17.6. The van der Waals surface area contributed by atoms with Crippen LogP contribution in [0.3, 0.4) is 0 Å². The van der Waals surface area contributed by atoms with Gasteiger partial charge in [0.15, 0.2) is 0 Å². The molecule has 0 aliphatic heterocycles. The van der Waals surface area contributed by atoms with Crippen LogP contribution in [0.5, 0.6) is 0 Å². The molecule has 0 unspecified atom stereocenters. The Morgan fingerprint density at radius 1 is 0.969 bits per heavy atom. The maximum absolute atomic E-state index is 14.0. The highest BCUT2D eigenvalue weighted by molar-refractivity contribution is 7.92. The highest BCUT2D eigenvalue weighted by Gasteiger charge is 2.11. The van der Waals surface area contributed by atoms with E-state index in [2.05, 4.69) is 30.2 Å². The largest absolute Gasteiger partial charge is 0.324 e. The van der Waals surface area contributed by atoms with Crippen molar-refractivity contribution in [1.29, 1.82) is 0 Å². The standard InChI is InChI=1S/C22H17FN6O2S/c1-32(30,31)29-16-6-4-15(5-7-16)26-22-24-11-14-3-2-13(10-20(14)27-22)17-8-9-19(23)21-18(17)12-25-28-21/h2-12,29H,1H3,(H,25,28)(H,24,26,27). The van der Waals surface area contributed by atoms with Crippen molar-refractivity contribution in [3.63, 3.8) is 0 Å². The minimum absolute atomic E-state index is 0.353. The van der Waals surface area contributed by atoms with Gasteiger partial charge in [0, 0.05) is 28.3 Å². The molecule has 8 nitrogen and oxygen atoms in total. The second kappa shape index (κ2) is 7.57. The number of anilines is 3. The van der Waals surface area contributed by atoms with E-state index >= 15 is 0 Å². The monoisotopic (exact) mass is 448 g/mol. The van der Waals surface area contributed by atoms with Crippen LogP contribution in [-0.4, -0.2) is 34.8 Å². The quantitative estimate of drug-likeness (QED) is 0.367. The summed E-state index contributed by atoms with van der Waals surface area (Å²) in [6.45, 7) is 0. The van der Waals surface area contributed by atoms with Gasteiger partial charge >= 0.3 is 0 Å². The van der Waals surface area contributed by atoms with E-state index in [1.54, 1.807) is 42.7 Å². The minimum atomic E-state index is -3.33. The summed E-state index contributed by atoms with van der Waals surface area (Å²) in [5.74, 6) is 0.0413. The molecule has 2 aromatic heterocycles. The highest BCUT2D eigenvalue weighted by Crippen LogP contribution is 2.31. The summed E-state index contributed by atoms with van der Waals surface area (Å²) in [5, 5.41) is 11.3. The van der Waals surface area contributed by atoms with Crippen LogP contribution in [0.1, 0.15) is 0 Å². The molecule has 3 N–H and O–H groups in total. The van der Waals surface area contributed by atoms with Gasteiger partial charge in [0.1, 0.15) is 11.3 Å². The molecular weight excluding hydrogens is 431 g/mol. The highest BCUT2D eigenvalue weighted by atomic mass is 32.2. The zero-order chi connectivity index (χ0) is 22.3. The molecule has 0 fully saturated rings. The lowest BCUT2D eigenvalue weighted by Gasteiger charge is -2.09. The molecule has 10 heteroatoms. The van der Waals surface area contributed by atoms with E-state index in [0.717, 1.165) is 28.3 Å². The molecule has 0 aliphatic rings. The fraction of sp³-hybridized carbons (Fsp3) is 0.0455. The number of H-pyrrole nitrogens is 1. The Hall–Kier alpha value is -4.05. The van der Waals surface area contributed by atoms with E-state index in [1.165, 1.54) is 6.07 Å². The first-order valence-corrected chi connectivity index (χ1v) is 11.5. The van der Waals surface area contributed by atoms with Crippen LogP contribution >= 0.6 is 0 Å². The number of hydrogen-bond donors (Lipinski definition) is 3. The van der Waals surface area contributed by atoms with Crippen molar-refractivity contribution < 1.29 is 12.8 Å². The molecule has 0 aliphatic carbocycles. The van der Waals surface area contributed by atoms with Gasteiger partial charge in [0.05, 0.1) is 18.0 Å². The Balaban J connectivity index is 1.46. The SMILES string of the molecule is CS(=O)(=O)Nc1ccc(Nc2ncc3ccc(-c4ccc(F)c5[nH]ncc45)cc3n2)cc1. The number of nitrogens with zero attached hydrogens (tertiary/aromatic N) is 3. The number of sulfonamides is 1. The maximum atomic E-state index is 14.0. The molecule has 160 valence electrons. The summed E-state index contributed by atoms with van der Waals surface area (Å²) in [5.41, 5.74) is 3.98. The summed E-state index contributed by atoms with van der Waals surface area (Å²) in [6.07, 6.45) is 4.42. The predicted molar refractivity (Wildman–Crippen MR) is 123 cm³/mol. The molecule has 3 aromatic carbocycles. The number of hydrogen-bond acceptors (Lipinski definition) is 6. The minimum Gasteiger partial charge on any atom is -0.324 e. The Morgan fingerprint density at radius 3 is 2.53 bits per heavy atom. The molecule has 0 radical (unpaired) electrons. The van der Waals surface area contributed by atoms with E-state index in [0.29, 0.717) is 28.2 Å². The van der Waals surface area contributed by atoms with E-state index in [1.807, 2.05) is 18.2 Å². The lowest BCUT2D eigenvalue weighted by Crippen LogP contribution is -2.09. The average Bonchev–Trinajstić information content (AvgIpc) is 3.25. The molecule has 0 saturated carbocycles. The molecule has 32 heavy (non-hydrogen) atoms. The Morgan fingerprint density at radius 2 is 1.75 bits per heavy atom. The molecule has 0 saturated heterocycles. The third-order valence-corrected chi connectivity index (χ3v) is 5.51. The Bertz CT molecular complexity index is 1570. The van der Waals surface area contributed by atoms with Gasteiger partial charge in [-0.25, -0.2) is 22.8 Å². The van der Waals surface area contributed by atoms with Crippen LogP contribution in [-0.2, 0) is 10.0 Å². The lowest BCUT2D eigenvalue weighted by molar-refractivity contribution is 0.607. The average molecular weight is 448 g/mol. The molecule has 0 bridgehead atoms. The summed E-state index contributed by atoms with van der Waals surface area (Å²) >= 11 is 0. The van der Waals surface area contributed by atoms with Crippen molar-refractivity contribution in [2.75, 3.05) is 16.3 Å². The van der Waals surface area contributed by atoms with Crippen molar-refractivity contribution in [3.8, 4) is 11.1 Å². The van der Waals surface area contributed by atoms with Gasteiger partial charge in [0.2, 0.25) is 16.0 Å². The number of fused-ring (bicyclic) bond motifs is 2. The second-order valence-electron chi connectivity index (χ2n) is 7.30. The fourth-order valence-electron chi connectivity index (χ4n) is 3.47. The van der Waals surface area contributed by atoms with Gasteiger partial charge in [-0.15, -0.1) is 0 Å². The number of benzene rings is 3. The van der Waals surface area contributed by atoms with Gasteiger partial charge in [-0.1, -0.05) is 18.2 Å². The molecule has 2 heterocycles. The topological polar surface area (TPSA) is 113 Å². The third kappa shape index (κ3) is 3.95. The number of halogens is 1. The van der Waals surface area contributed by atoms with Gasteiger partial charge in [-0.3, -0.25) is 9.82 Å². The number of aromatic amines is 1. The van der Waals surface area contributed by atoms with Gasteiger partial charge in [-0.2, -0.15) is 5.10 Å². The third-order valence-electron chi connectivity index (χ3n) is 4.90. The maximum Gasteiger partial charge on any atom is 0.229 e. The first-order valence-electron chi connectivity index (χ1n) is 9.59. The molecule has 0 spiro atoms. The number of nitrogens with one attached hydrogen (secondary N) is 3. The van der Waals surface area contributed by atoms with Crippen LogP contribution < -0.4 is 10.0 Å². The smallest absolute Gasteiger partial charge is 0.229 e. The Kier molecular flexibility index (Phi) is 4.71. The molecule has 0 atom stereocenters. The van der Waals surface area contributed by atoms with Crippen molar-refractivity contribution in [2.45, 2.75) is 0 Å². The van der Waals surface area contributed by atoms with Crippen molar-refractivity contribution in [2.24, 2.45) is 0 Å². The number of aromatic nitrogens is 4. The van der Waals surface area contributed by atoms with E-state index in [4.69, 9.17) is 0 Å². The fourth-order valence-corrected chi connectivity index (χ4v) is 4.03. The Labute approximate surface area is 182 Å². The summed E-state index contributed by atoms with van der Waals surface area (Å²) in [6, 6.07) is 15.6. The summed E-state index contributed by atoms with van der Waals surface area (Å²) in [4.78, 5) is 8.93. The molecular formula is C22H17FN6O2S.